The van der Waals surface area contributed by atoms with Gasteiger partial charge >= 0.3 is 5.97 Å². The van der Waals surface area contributed by atoms with Crippen molar-refractivity contribution in [1.82, 2.24) is 14.8 Å². The smallest absolute Gasteiger partial charge is 0.335 e. The van der Waals surface area contributed by atoms with E-state index in [9.17, 15) is 14.7 Å². The summed E-state index contributed by atoms with van der Waals surface area (Å²) in [5.41, 5.74) is 5.19. The number of rotatable bonds is 14. The first kappa shape index (κ1) is 34.8. The number of halogens is 1. The fourth-order valence-corrected chi connectivity index (χ4v) is 7.20. The van der Waals surface area contributed by atoms with E-state index < -0.39 is 5.97 Å². The van der Waals surface area contributed by atoms with Crippen LogP contribution in [0.5, 0.6) is 0 Å². The number of morpholine rings is 1. The normalized spacial score (nSPS) is 17.5. The molecule has 1 aliphatic heterocycles. The highest BCUT2D eigenvalue weighted by molar-refractivity contribution is 9.10. The predicted molar refractivity (Wildman–Crippen MR) is 192 cm³/mol. The van der Waals surface area contributed by atoms with Gasteiger partial charge in [0.2, 0.25) is 5.91 Å². The first-order valence-electron chi connectivity index (χ1n) is 17.2. The number of allylic oxidation sites excluding steroid dienone is 2. The van der Waals surface area contributed by atoms with E-state index in [1.165, 1.54) is 25.7 Å². The third-order valence-electron chi connectivity index (χ3n) is 9.39. The first-order valence-corrected chi connectivity index (χ1v) is 18.0. The molecule has 0 saturated carbocycles. The summed E-state index contributed by atoms with van der Waals surface area (Å²) >= 11 is 3.56. The number of pyridine rings is 1. The third kappa shape index (κ3) is 9.77. The molecule has 0 radical (unpaired) electrons. The maximum absolute atomic E-state index is 13.7. The van der Waals surface area contributed by atoms with Crippen LogP contribution in [-0.4, -0.2) is 64.6 Å². The van der Waals surface area contributed by atoms with Crippen molar-refractivity contribution in [3.63, 3.8) is 0 Å². The molecule has 1 saturated heterocycles. The lowest BCUT2D eigenvalue weighted by atomic mass is 9.86. The zero-order chi connectivity index (χ0) is 33.2. The lowest BCUT2D eigenvalue weighted by Gasteiger charge is -2.35. The fraction of sp³-hybridized carbons (Fsp3) is 0.462. The van der Waals surface area contributed by atoms with E-state index in [0.29, 0.717) is 50.8 Å². The number of nitrogens with zero attached hydrogens (tertiary/aromatic N) is 3. The van der Waals surface area contributed by atoms with Gasteiger partial charge in [-0.2, -0.15) is 0 Å². The molecule has 8 heteroatoms. The van der Waals surface area contributed by atoms with Crippen molar-refractivity contribution >= 4 is 38.7 Å². The first-order chi connectivity index (χ1) is 22.8. The van der Waals surface area contributed by atoms with Crippen molar-refractivity contribution in [2.75, 3.05) is 32.8 Å². The number of aromatic nitrogens is 1. The molecule has 1 aromatic heterocycles. The third-order valence-corrected chi connectivity index (χ3v) is 9.88. The molecule has 2 aliphatic rings. The summed E-state index contributed by atoms with van der Waals surface area (Å²) in [7, 11) is 0. The number of ether oxygens (including phenoxy) is 1. The second kappa shape index (κ2) is 17.1. The van der Waals surface area contributed by atoms with Crippen LogP contribution >= 0.6 is 15.9 Å². The van der Waals surface area contributed by atoms with Gasteiger partial charge in [-0.25, -0.2) is 9.78 Å². The molecule has 250 valence electrons. The van der Waals surface area contributed by atoms with Crippen LogP contribution in [-0.2, 0) is 20.9 Å². The highest BCUT2D eigenvalue weighted by Gasteiger charge is 2.28. The molecule has 47 heavy (non-hydrogen) atoms. The van der Waals surface area contributed by atoms with Crippen molar-refractivity contribution in [3.8, 4) is 11.3 Å². The van der Waals surface area contributed by atoms with Gasteiger partial charge in [0.15, 0.2) is 0 Å². The summed E-state index contributed by atoms with van der Waals surface area (Å²) in [5.74, 6) is -0.203. The Morgan fingerprint density at radius 3 is 2.68 bits per heavy atom. The SMILES string of the molecule is CCCCCCC(C)CC1CCC=C(C(=O)O)C=C1N(CC(=O)N1CCOCC1)Cc1ccc2nc(-c3cccc(Br)c3)ccc2c1. The van der Waals surface area contributed by atoms with E-state index in [-0.39, 0.29) is 18.4 Å². The molecule has 2 atom stereocenters. The number of carbonyl (C=O) groups excluding carboxylic acids is 1. The number of carboxylic acid groups (broad SMARTS) is 1. The average molecular weight is 703 g/mol. The van der Waals surface area contributed by atoms with E-state index in [4.69, 9.17) is 9.72 Å². The monoisotopic (exact) mass is 701 g/mol. The number of fused-ring (bicyclic) bond motifs is 1. The van der Waals surface area contributed by atoms with Crippen molar-refractivity contribution < 1.29 is 19.4 Å². The number of hydrogen-bond acceptors (Lipinski definition) is 5. The lowest BCUT2D eigenvalue weighted by molar-refractivity contribution is -0.136. The fourth-order valence-electron chi connectivity index (χ4n) is 6.80. The van der Waals surface area contributed by atoms with E-state index in [1.807, 2.05) is 41.3 Å². The zero-order valence-corrected chi connectivity index (χ0v) is 29.4. The summed E-state index contributed by atoms with van der Waals surface area (Å²) in [4.78, 5) is 35.0. The summed E-state index contributed by atoms with van der Waals surface area (Å²) in [6.45, 7) is 7.48. The van der Waals surface area contributed by atoms with E-state index >= 15 is 0 Å². The highest BCUT2D eigenvalue weighted by atomic mass is 79.9. The molecule has 0 spiro atoms. The molecule has 1 N–H and O–H groups in total. The molecule has 7 nitrogen and oxygen atoms in total. The number of amides is 1. The molecule has 1 amide bonds. The van der Waals surface area contributed by atoms with Crippen molar-refractivity contribution in [2.24, 2.45) is 11.8 Å². The molecule has 2 unspecified atom stereocenters. The largest absolute Gasteiger partial charge is 0.478 e. The number of hydrogen-bond donors (Lipinski definition) is 1. The summed E-state index contributed by atoms with van der Waals surface area (Å²) in [5, 5.41) is 11.1. The summed E-state index contributed by atoms with van der Waals surface area (Å²) in [6, 6.07) is 18.6. The second-order valence-electron chi connectivity index (χ2n) is 13.1. The molecule has 2 aromatic carbocycles. The minimum absolute atomic E-state index is 0.0479. The average Bonchev–Trinajstić information content (AvgIpc) is 3.29. The Labute approximate surface area is 287 Å². The van der Waals surface area contributed by atoms with Crippen LogP contribution in [0.2, 0.25) is 0 Å². The number of aliphatic carboxylic acids is 1. The van der Waals surface area contributed by atoms with Gasteiger partial charge in [-0.15, -0.1) is 0 Å². The Morgan fingerprint density at radius 2 is 1.91 bits per heavy atom. The molecular formula is C39H48BrN3O4. The van der Waals surface area contributed by atoms with Crippen LogP contribution in [0.4, 0.5) is 0 Å². The highest BCUT2D eigenvalue weighted by Crippen LogP contribution is 2.34. The van der Waals surface area contributed by atoms with Gasteiger partial charge in [-0.05, 0) is 73.1 Å². The zero-order valence-electron chi connectivity index (χ0n) is 27.8. The van der Waals surface area contributed by atoms with Gasteiger partial charge in [-0.1, -0.05) is 92.2 Å². The Morgan fingerprint density at radius 1 is 1.09 bits per heavy atom. The number of unbranched alkanes of at least 4 members (excludes halogenated alkanes) is 3. The van der Waals surface area contributed by atoms with Crippen LogP contribution in [0.3, 0.4) is 0 Å². The molecule has 5 rings (SSSR count). The standard InChI is InChI=1S/C39H48BrN3O4/c1-3-4-5-6-9-28(2)22-32-11-7-12-33(39(45)46)25-37(32)43(27-38(44)42-18-20-47-21-19-42)26-29-14-16-35-31(23-29)15-17-36(41-35)30-10-8-13-34(40)24-30/h8,10,12-17,23-25,28,32H,3-7,9,11,18-22,26-27H2,1-2H3,(H,45,46). The van der Waals surface area contributed by atoms with E-state index in [0.717, 1.165) is 57.2 Å². The number of benzene rings is 2. The van der Waals surface area contributed by atoms with Crippen LogP contribution in [0.25, 0.3) is 22.2 Å². The van der Waals surface area contributed by atoms with Gasteiger partial charge in [0.05, 0.1) is 36.5 Å². The molecular weight excluding hydrogens is 654 g/mol. The minimum atomic E-state index is -0.923. The van der Waals surface area contributed by atoms with Crippen LogP contribution in [0.15, 0.2) is 82.5 Å². The minimum Gasteiger partial charge on any atom is -0.478 e. The Balaban J connectivity index is 1.45. The summed E-state index contributed by atoms with van der Waals surface area (Å²) in [6.07, 6.45) is 12.4. The Hall–Kier alpha value is -3.49. The lowest BCUT2D eigenvalue weighted by Crippen LogP contribution is -2.46. The predicted octanol–water partition coefficient (Wildman–Crippen LogP) is 8.63. The molecule has 1 fully saturated rings. The maximum atomic E-state index is 13.7. The van der Waals surface area contributed by atoms with Crippen molar-refractivity contribution in [1.29, 1.82) is 0 Å². The molecule has 1 aliphatic carbocycles. The van der Waals surface area contributed by atoms with Crippen LogP contribution in [0.1, 0.15) is 70.8 Å². The van der Waals surface area contributed by atoms with Gasteiger partial charge in [0.1, 0.15) is 0 Å². The second-order valence-corrected chi connectivity index (χ2v) is 14.0. The van der Waals surface area contributed by atoms with E-state index in [1.54, 1.807) is 0 Å². The van der Waals surface area contributed by atoms with Crippen molar-refractivity contribution in [3.05, 3.63) is 88.1 Å². The molecule has 2 heterocycles. The molecule has 0 bridgehead atoms. The maximum Gasteiger partial charge on any atom is 0.335 e. The van der Waals surface area contributed by atoms with Gasteiger partial charge in [0.25, 0.3) is 0 Å². The number of carboxylic acids is 1. The van der Waals surface area contributed by atoms with Crippen LogP contribution in [0, 0.1) is 11.8 Å². The molecule has 3 aromatic rings. The van der Waals surface area contributed by atoms with Gasteiger partial charge < -0.3 is 19.6 Å². The van der Waals surface area contributed by atoms with Crippen molar-refractivity contribution in [2.45, 2.75) is 71.8 Å². The van der Waals surface area contributed by atoms with E-state index in [2.05, 4.69) is 65.0 Å². The van der Waals surface area contributed by atoms with Gasteiger partial charge in [0, 0.05) is 40.8 Å². The summed E-state index contributed by atoms with van der Waals surface area (Å²) < 4.78 is 6.53. The number of carbonyl (C=O) groups is 2. The van der Waals surface area contributed by atoms with Gasteiger partial charge in [-0.3, -0.25) is 4.79 Å². The Bertz CT molecular complexity index is 1600. The topological polar surface area (TPSA) is 83.0 Å². The quantitative estimate of drug-likeness (QED) is 0.170. The van der Waals surface area contributed by atoms with Crippen LogP contribution < -0.4 is 0 Å². The Kier molecular flexibility index (Phi) is 12.6.